The minimum atomic E-state index is 0.0268. The fraction of sp³-hybridized carbons (Fsp3) is 0.923. The minimum Gasteiger partial charge on any atom is -0.302 e. The fourth-order valence-electron chi connectivity index (χ4n) is 2.55. The van der Waals surface area contributed by atoms with Crippen molar-refractivity contribution in [2.75, 3.05) is 0 Å². The summed E-state index contributed by atoms with van der Waals surface area (Å²) >= 11 is 0. The first-order chi connectivity index (χ1) is 6.64. The zero-order chi connectivity index (χ0) is 12.3. The van der Waals surface area contributed by atoms with E-state index in [9.17, 15) is 4.79 Å². The highest BCUT2D eigenvalue weighted by Gasteiger charge is 2.36. The van der Waals surface area contributed by atoms with Gasteiger partial charge >= 0.3 is 0 Å². The van der Waals surface area contributed by atoms with Crippen molar-refractivity contribution in [1.29, 1.82) is 0 Å². The smallest absolute Gasteiger partial charge is 0.137 e. The fourth-order valence-corrected chi connectivity index (χ4v) is 2.55. The largest absolute Gasteiger partial charge is 0.302 e. The first-order valence-electron chi connectivity index (χ1n) is 5.89. The average molecular weight is 213 g/mol. The van der Waals surface area contributed by atoms with Crippen molar-refractivity contribution in [3.05, 3.63) is 0 Å². The van der Waals surface area contributed by atoms with E-state index in [0.717, 1.165) is 19.1 Å². The third-order valence-corrected chi connectivity index (χ3v) is 2.52. The molecule has 90 valence electrons. The van der Waals surface area contributed by atoms with Crippen molar-refractivity contribution in [1.82, 2.24) is 4.90 Å². The summed E-state index contributed by atoms with van der Waals surface area (Å²) in [6.45, 7) is 15.2. The Morgan fingerprint density at radius 3 is 1.67 bits per heavy atom. The topological polar surface area (TPSA) is 20.3 Å². The molecule has 0 bridgehead atoms. The molecular formula is C13H27NO. The molecule has 15 heavy (non-hydrogen) atoms. The summed E-state index contributed by atoms with van der Waals surface area (Å²) in [5, 5.41) is 0. The van der Waals surface area contributed by atoms with Crippen LogP contribution in [0.2, 0.25) is 0 Å². The number of carbonyl (C=O) groups excluding carboxylic acids is 1. The highest BCUT2D eigenvalue weighted by atomic mass is 16.1. The van der Waals surface area contributed by atoms with Crippen molar-refractivity contribution < 1.29 is 4.79 Å². The van der Waals surface area contributed by atoms with Gasteiger partial charge in [-0.15, -0.1) is 0 Å². The first kappa shape index (κ1) is 14.6. The van der Waals surface area contributed by atoms with Gasteiger partial charge in [-0.25, -0.2) is 0 Å². The van der Waals surface area contributed by atoms with Crippen LogP contribution in [0.3, 0.4) is 0 Å². The summed E-state index contributed by atoms with van der Waals surface area (Å²) in [5.41, 5.74) is 0.0536. The van der Waals surface area contributed by atoms with Crippen LogP contribution in [0.4, 0.5) is 0 Å². The molecule has 0 aliphatic carbocycles. The molecule has 2 nitrogen and oxygen atoms in total. The lowest BCUT2D eigenvalue weighted by Crippen LogP contribution is -2.58. The van der Waals surface area contributed by atoms with E-state index in [1.54, 1.807) is 0 Å². The van der Waals surface area contributed by atoms with Crippen molar-refractivity contribution in [2.24, 2.45) is 0 Å². The standard InChI is InChI=1S/C13H27NO/c1-8-9-11(10-15)14(12(2,3)4)13(5,6)7/h10-11H,8-9H2,1-7H3. The van der Waals surface area contributed by atoms with Crippen molar-refractivity contribution in [3.63, 3.8) is 0 Å². The molecule has 0 saturated carbocycles. The van der Waals surface area contributed by atoms with Crippen LogP contribution >= 0.6 is 0 Å². The lowest BCUT2D eigenvalue weighted by Gasteiger charge is -2.48. The van der Waals surface area contributed by atoms with Crippen LogP contribution in [0, 0.1) is 0 Å². The predicted octanol–water partition coefficient (Wildman–Crippen LogP) is 3.25. The van der Waals surface area contributed by atoms with Crippen LogP contribution < -0.4 is 0 Å². The minimum absolute atomic E-state index is 0.0268. The maximum absolute atomic E-state index is 11.2. The molecular weight excluding hydrogens is 186 g/mol. The van der Waals surface area contributed by atoms with E-state index >= 15 is 0 Å². The highest BCUT2D eigenvalue weighted by Crippen LogP contribution is 2.28. The molecule has 0 N–H and O–H groups in total. The third-order valence-electron chi connectivity index (χ3n) is 2.52. The quantitative estimate of drug-likeness (QED) is 0.668. The molecule has 0 aromatic heterocycles. The maximum atomic E-state index is 11.2. The van der Waals surface area contributed by atoms with E-state index in [1.807, 2.05) is 0 Å². The molecule has 0 amide bonds. The van der Waals surface area contributed by atoms with Gasteiger partial charge in [-0.1, -0.05) is 13.3 Å². The van der Waals surface area contributed by atoms with Crippen LogP contribution in [0.25, 0.3) is 0 Å². The van der Waals surface area contributed by atoms with E-state index in [0.29, 0.717) is 0 Å². The van der Waals surface area contributed by atoms with Gasteiger partial charge in [0.2, 0.25) is 0 Å². The van der Waals surface area contributed by atoms with Gasteiger partial charge in [0.05, 0.1) is 6.04 Å². The molecule has 0 rings (SSSR count). The molecule has 0 spiro atoms. The number of aldehydes is 1. The number of hydrogen-bond donors (Lipinski definition) is 0. The van der Waals surface area contributed by atoms with Crippen LogP contribution in [-0.2, 0) is 4.79 Å². The second-order valence-electron chi connectivity index (χ2n) is 6.20. The zero-order valence-corrected chi connectivity index (χ0v) is 11.4. The van der Waals surface area contributed by atoms with Crippen molar-refractivity contribution in [2.45, 2.75) is 78.4 Å². The van der Waals surface area contributed by atoms with E-state index < -0.39 is 0 Å². The number of carbonyl (C=O) groups is 1. The number of hydrogen-bond acceptors (Lipinski definition) is 2. The average Bonchev–Trinajstić information content (AvgIpc) is 1.98. The predicted molar refractivity (Wildman–Crippen MR) is 66.1 cm³/mol. The van der Waals surface area contributed by atoms with Gasteiger partial charge in [-0.3, -0.25) is 4.90 Å². The summed E-state index contributed by atoms with van der Waals surface area (Å²) < 4.78 is 0. The Balaban J connectivity index is 5.00. The Morgan fingerprint density at radius 1 is 1.07 bits per heavy atom. The van der Waals surface area contributed by atoms with Gasteiger partial charge in [0.15, 0.2) is 0 Å². The van der Waals surface area contributed by atoms with Gasteiger partial charge in [0.1, 0.15) is 6.29 Å². The molecule has 0 radical (unpaired) electrons. The van der Waals surface area contributed by atoms with Gasteiger partial charge < -0.3 is 4.79 Å². The molecule has 0 heterocycles. The summed E-state index contributed by atoms with van der Waals surface area (Å²) in [4.78, 5) is 13.5. The highest BCUT2D eigenvalue weighted by molar-refractivity contribution is 5.58. The summed E-state index contributed by atoms with van der Waals surface area (Å²) in [6, 6.07) is 0.0370. The molecule has 0 fully saturated rings. The Hall–Kier alpha value is -0.370. The van der Waals surface area contributed by atoms with Crippen LogP contribution in [-0.4, -0.2) is 28.3 Å². The molecule has 0 aliphatic heterocycles. The number of nitrogens with zero attached hydrogens (tertiary/aromatic N) is 1. The normalized spacial score (nSPS) is 15.5. The van der Waals surface area contributed by atoms with E-state index in [-0.39, 0.29) is 17.1 Å². The second kappa shape index (κ2) is 5.11. The molecule has 0 aromatic carbocycles. The van der Waals surface area contributed by atoms with Gasteiger partial charge in [-0.2, -0.15) is 0 Å². The van der Waals surface area contributed by atoms with Crippen LogP contribution in [0.5, 0.6) is 0 Å². The summed E-state index contributed by atoms with van der Waals surface area (Å²) in [7, 11) is 0. The van der Waals surface area contributed by atoms with Gasteiger partial charge in [0, 0.05) is 11.1 Å². The van der Waals surface area contributed by atoms with Crippen molar-refractivity contribution >= 4 is 6.29 Å². The van der Waals surface area contributed by atoms with Crippen molar-refractivity contribution in [3.8, 4) is 0 Å². The molecule has 2 heteroatoms. The lowest BCUT2D eigenvalue weighted by atomic mass is 9.92. The molecule has 0 saturated heterocycles. The molecule has 0 aliphatic rings. The van der Waals surface area contributed by atoms with Crippen LogP contribution in [0.15, 0.2) is 0 Å². The zero-order valence-electron chi connectivity index (χ0n) is 11.4. The SMILES string of the molecule is CCCC(C=O)N(C(C)(C)C)C(C)(C)C. The third kappa shape index (κ3) is 4.33. The monoisotopic (exact) mass is 213 g/mol. The van der Waals surface area contributed by atoms with Gasteiger partial charge in [-0.05, 0) is 48.0 Å². The van der Waals surface area contributed by atoms with Crippen LogP contribution in [0.1, 0.15) is 61.3 Å². The Bertz CT molecular complexity index is 184. The Labute approximate surface area is 95.0 Å². The first-order valence-corrected chi connectivity index (χ1v) is 5.89. The molecule has 1 unspecified atom stereocenters. The lowest BCUT2D eigenvalue weighted by molar-refractivity contribution is -0.118. The Kier molecular flexibility index (Phi) is 4.98. The van der Waals surface area contributed by atoms with E-state index in [4.69, 9.17) is 0 Å². The van der Waals surface area contributed by atoms with E-state index in [2.05, 4.69) is 53.4 Å². The molecule has 0 aromatic rings. The maximum Gasteiger partial charge on any atom is 0.137 e. The summed E-state index contributed by atoms with van der Waals surface area (Å²) in [6.07, 6.45) is 3.09. The number of rotatable bonds is 4. The van der Waals surface area contributed by atoms with E-state index in [1.165, 1.54) is 0 Å². The Morgan fingerprint density at radius 2 is 1.47 bits per heavy atom. The molecule has 1 atom stereocenters. The van der Waals surface area contributed by atoms with Gasteiger partial charge in [0.25, 0.3) is 0 Å². The summed E-state index contributed by atoms with van der Waals surface area (Å²) in [5.74, 6) is 0. The second-order valence-corrected chi connectivity index (χ2v) is 6.20.